The van der Waals surface area contributed by atoms with Crippen molar-refractivity contribution in [1.29, 1.82) is 0 Å². The lowest BCUT2D eigenvalue weighted by Gasteiger charge is -2.19. The number of nitrogens with one attached hydrogen (secondary N) is 1. The lowest BCUT2D eigenvalue weighted by Crippen LogP contribution is -2.29. The highest BCUT2D eigenvalue weighted by Gasteiger charge is 2.22. The van der Waals surface area contributed by atoms with Crippen molar-refractivity contribution in [2.24, 2.45) is 0 Å². The standard InChI is InChI=1S/C22H19Cl2N3OS/c1-2-17(26-22(28)20-8-5-11-29-20)21-25-18-6-3-4-7-19(18)27(21)13-14-9-10-15(23)16(24)12-14/h3-12,17H,2,13H2,1H3,(H,26,28). The van der Waals surface area contributed by atoms with E-state index in [0.29, 0.717) is 21.5 Å². The summed E-state index contributed by atoms with van der Waals surface area (Å²) in [5.41, 5.74) is 2.92. The quantitative estimate of drug-likeness (QED) is 0.378. The third-order valence-electron chi connectivity index (χ3n) is 4.78. The predicted octanol–water partition coefficient (Wildman–Crippen LogP) is 6.33. The van der Waals surface area contributed by atoms with E-state index >= 15 is 0 Å². The topological polar surface area (TPSA) is 46.9 Å². The van der Waals surface area contributed by atoms with Gasteiger partial charge in [0.15, 0.2) is 0 Å². The SMILES string of the molecule is CCC(NC(=O)c1cccs1)c1nc2ccccc2n1Cc1ccc(Cl)c(Cl)c1. The van der Waals surface area contributed by atoms with Crippen LogP contribution in [0.15, 0.2) is 60.0 Å². The van der Waals surface area contributed by atoms with Gasteiger partial charge in [-0.3, -0.25) is 4.79 Å². The highest BCUT2D eigenvalue weighted by molar-refractivity contribution is 7.12. The first-order chi connectivity index (χ1) is 14.1. The molecular formula is C22H19Cl2N3OS. The summed E-state index contributed by atoms with van der Waals surface area (Å²) in [5, 5.41) is 6.08. The van der Waals surface area contributed by atoms with Crippen LogP contribution in [0.3, 0.4) is 0 Å². The second kappa shape index (κ2) is 8.57. The molecule has 4 aromatic rings. The van der Waals surface area contributed by atoms with Gasteiger partial charge in [-0.05, 0) is 47.7 Å². The molecule has 0 radical (unpaired) electrons. The minimum atomic E-state index is -0.209. The van der Waals surface area contributed by atoms with E-state index in [0.717, 1.165) is 28.8 Å². The number of carbonyl (C=O) groups excluding carboxylic acids is 1. The number of hydrogen-bond donors (Lipinski definition) is 1. The van der Waals surface area contributed by atoms with Gasteiger partial charge >= 0.3 is 0 Å². The lowest BCUT2D eigenvalue weighted by atomic mass is 10.1. The van der Waals surface area contributed by atoms with Crippen LogP contribution in [0.4, 0.5) is 0 Å². The number of benzene rings is 2. The van der Waals surface area contributed by atoms with E-state index in [2.05, 4.69) is 9.88 Å². The number of imidazole rings is 1. The van der Waals surface area contributed by atoms with Crippen molar-refractivity contribution in [3.05, 3.63) is 86.3 Å². The van der Waals surface area contributed by atoms with E-state index in [-0.39, 0.29) is 11.9 Å². The Kier molecular flexibility index (Phi) is 5.90. The number of nitrogens with zero attached hydrogens (tertiary/aromatic N) is 2. The van der Waals surface area contributed by atoms with E-state index in [1.54, 1.807) is 6.07 Å². The van der Waals surface area contributed by atoms with Gasteiger partial charge < -0.3 is 9.88 Å². The molecule has 4 nitrogen and oxygen atoms in total. The van der Waals surface area contributed by atoms with Gasteiger partial charge in [0, 0.05) is 6.54 Å². The van der Waals surface area contributed by atoms with E-state index < -0.39 is 0 Å². The van der Waals surface area contributed by atoms with Crippen LogP contribution in [-0.2, 0) is 6.54 Å². The molecule has 0 aliphatic rings. The Bertz CT molecular complexity index is 1150. The zero-order chi connectivity index (χ0) is 20.4. The van der Waals surface area contributed by atoms with Crippen molar-refractivity contribution in [3.63, 3.8) is 0 Å². The Morgan fingerprint density at radius 3 is 2.69 bits per heavy atom. The van der Waals surface area contributed by atoms with Crippen LogP contribution < -0.4 is 5.32 Å². The predicted molar refractivity (Wildman–Crippen MR) is 120 cm³/mol. The van der Waals surface area contributed by atoms with Crippen LogP contribution in [0.2, 0.25) is 10.0 Å². The normalized spacial score (nSPS) is 12.2. The van der Waals surface area contributed by atoms with Gasteiger partial charge in [-0.1, -0.05) is 54.4 Å². The maximum atomic E-state index is 12.6. The molecule has 0 bridgehead atoms. The molecule has 1 amide bonds. The number of aromatic nitrogens is 2. The highest BCUT2D eigenvalue weighted by atomic mass is 35.5. The second-order valence-corrected chi connectivity index (χ2v) is 8.47. The van der Waals surface area contributed by atoms with Crippen molar-refractivity contribution in [1.82, 2.24) is 14.9 Å². The van der Waals surface area contributed by atoms with Gasteiger partial charge in [0.25, 0.3) is 5.91 Å². The fraction of sp³-hybridized carbons (Fsp3) is 0.182. The average molecular weight is 444 g/mol. The van der Waals surface area contributed by atoms with E-state index in [1.165, 1.54) is 11.3 Å². The van der Waals surface area contributed by atoms with Gasteiger partial charge in [0.2, 0.25) is 0 Å². The van der Waals surface area contributed by atoms with Crippen molar-refractivity contribution in [2.45, 2.75) is 25.9 Å². The molecule has 2 aromatic heterocycles. The Balaban J connectivity index is 1.73. The molecule has 0 aliphatic carbocycles. The monoisotopic (exact) mass is 443 g/mol. The number of hydrogen-bond acceptors (Lipinski definition) is 3. The number of carbonyl (C=O) groups is 1. The Labute approximate surface area is 183 Å². The molecule has 7 heteroatoms. The summed E-state index contributed by atoms with van der Waals surface area (Å²) < 4.78 is 2.14. The molecule has 0 spiro atoms. The van der Waals surface area contributed by atoms with E-state index in [1.807, 2.05) is 60.8 Å². The Morgan fingerprint density at radius 1 is 1.14 bits per heavy atom. The van der Waals surface area contributed by atoms with Gasteiger partial charge in [-0.2, -0.15) is 0 Å². The molecule has 0 saturated heterocycles. The summed E-state index contributed by atoms with van der Waals surface area (Å²) in [5.74, 6) is 0.740. The molecule has 4 rings (SSSR count). The first kappa shape index (κ1) is 20.0. The number of para-hydroxylation sites is 2. The third-order valence-corrected chi connectivity index (χ3v) is 6.39. The zero-order valence-electron chi connectivity index (χ0n) is 15.7. The molecule has 1 atom stereocenters. The average Bonchev–Trinajstić information content (AvgIpc) is 3.38. The lowest BCUT2D eigenvalue weighted by molar-refractivity contribution is 0.0937. The fourth-order valence-corrected chi connectivity index (χ4v) is 4.28. The van der Waals surface area contributed by atoms with Crippen LogP contribution in [0.5, 0.6) is 0 Å². The largest absolute Gasteiger partial charge is 0.341 e. The summed E-state index contributed by atoms with van der Waals surface area (Å²) in [4.78, 5) is 18.2. The molecule has 0 saturated carbocycles. The Hall–Kier alpha value is -2.34. The smallest absolute Gasteiger partial charge is 0.261 e. The van der Waals surface area contributed by atoms with E-state index in [4.69, 9.17) is 28.2 Å². The van der Waals surface area contributed by atoms with E-state index in [9.17, 15) is 4.79 Å². The zero-order valence-corrected chi connectivity index (χ0v) is 18.1. The second-order valence-electron chi connectivity index (χ2n) is 6.70. The minimum absolute atomic E-state index is 0.0833. The van der Waals surface area contributed by atoms with Crippen molar-refractivity contribution in [3.8, 4) is 0 Å². The molecule has 0 aliphatic heterocycles. The number of amides is 1. The molecule has 148 valence electrons. The number of rotatable bonds is 6. The summed E-state index contributed by atoms with van der Waals surface area (Å²) in [6, 6.07) is 17.1. The van der Waals surface area contributed by atoms with Gasteiger partial charge in [0.05, 0.1) is 32.0 Å². The first-order valence-electron chi connectivity index (χ1n) is 9.30. The van der Waals surface area contributed by atoms with Gasteiger partial charge in [0.1, 0.15) is 5.82 Å². The third kappa shape index (κ3) is 4.17. The molecule has 1 unspecified atom stereocenters. The Morgan fingerprint density at radius 2 is 1.97 bits per heavy atom. The maximum absolute atomic E-state index is 12.6. The number of halogens is 2. The van der Waals surface area contributed by atoms with Crippen molar-refractivity contribution >= 4 is 51.5 Å². The molecule has 1 N–H and O–H groups in total. The molecule has 29 heavy (non-hydrogen) atoms. The number of thiophene rings is 1. The van der Waals surface area contributed by atoms with Crippen LogP contribution in [-0.4, -0.2) is 15.5 Å². The summed E-state index contributed by atoms with van der Waals surface area (Å²) in [7, 11) is 0. The van der Waals surface area contributed by atoms with Crippen LogP contribution in [0, 0.1) is 0 Å². The van der Waals surface area contributed by atoms with Gasteiger partial charge in [-0.25, -0.2) is 4.98 Å². The van der Waals surface area contributed by atoms with Crippen LogP contribution in [0.25, 0.3) is 11.0 Å². The maximum Gasteiger partial charge on any atom is 0.261 e. The number of fused-ring (bicyclic) bond motifs is 1. The molecule has 2 aromatic carbocycles. The van der Waals surface area contributed by atoms with Crippen molar-refractivity contribution < 1.29 is 4.79 Å². The summed E-state index contributed by atoms with van der Waals surface area (Å²) >= 11 is 13.7. The molecular weight excluding hydrogens is 425 g/mol. The molecule has 2 heterocycles. The van der Waals surface area contributed by atoms with Crippen LogP contribution >= 0.6 is 34.5 Å². The van der Waals surface area contributed by atoms with Gasteiger partial charge in [-0.15, -0.1) is 11.3 Å². The fourth-order valence-electron chi connectivity index (χ4n) is 3.33. The molecule has 0 fully saturated rings. The highest BCUT2D eigenvalue weighted by Crippen LogP contribution is 2.27. The first-order valence-corrected chi connectivity index (χ1v) is 10.9. The minimum Gasteiger partial charge on any atom is -0.341 e. The summed E-state index contributed by atoms with van der Waals surface area (Å²) in [6.45, 7) is 2.63. The van der Waals surface area contributed by atoms with Crippen LogP contribution in [0.1, 0.15) is 40.4 Å². The summed E-state index contributed by atoms with van der Waals surface area (Å²) in [6.07, 6.45) is 0.724. The van der Waals surface area contributed by atoms with Crippen molar-refractivity contribution in [2.75, 3.05) is 0 Å².